The number of aliphatic carboxylic acids is 1. The number of carboxylic acids is 1. The van der Waals surface area contributed by atoms with Crippen molar-refractivity contribution in [2.45, 2.75) is 44.4 Å². The molecule has 3 fully saturated rings. The summed E-state index contributed by atoms with van der Waals surface area (Å²) in [6.07, 6.45) is 7.28. The van der Waals surface area contributed by atoms with E-state index in [4.69, 9.17) is 42.8 Å². The van der Waals surface area contributed by atoms with E-state index in [1.54, 1.807) is 18.5 Å². The van der Waals surface area contributed by atoms with Crippen molar-refractivity contribution < 1.29 is 19.4 Å². The Balaban J connectivity index is 0.00000230. The maximum Gasteiger partial charge on any atom is 0.329 e. The van der Waals surface area contributed by atoms with E-state index in [9.17, 15) is 4.79 Å². The molecule has 5 heterocycles. The topological polar surface area (TPSA) is 104 Å². The molecule has 1 aromatic carbocycles. The number of aromatic nitrogens is 3. The Morgan fingerprint density at radius 3 is 2.36 bits per heavy atom. The summed E-state index contributed by atoms with van der Waals surface area (Å²) in [5, 5.41) is 9.96. The maximum atomic E-state index is 10.9. The number of piperidine rings is 2. The third kappa shape index (κ3) is 9.10. The normalized spacial score (nSPS) is 20.6. The fourth-order valence-corrected chi connectivity index (χ4v) is 7.01. The molecule has 0 spiro atoms. The van der Waals surface area contributed by atoms with Gasteiger partial charge in [0, 0.05) is 60.4 Å². The van der Waals surface area contributed by atoms with E-state index in [0.717, 1.165) is 69.1 Å². The number of pyridine rings is 1. The number of hydrogen-bond donors (Lipinski definition) is 1. The van der Waals surface area contributed by atoms with Gasteiger partial charge in [-0.2, -0.15) is 0 Å². The number of likely N-dealkylation sites (tertiary alicyclic amines) is 2. The predicted octanol–water partition coefficient (Wildman–Crippen LogP) is 6.08. The van der Waals surface area contributed by atoms with Crippen LogP contribution in [0.4, 0.5) is 5.95 Å². The van der Waals surface area contributed by atoms with Gasteiger partial charge in [0.15, 0.2) is 5.75 Å². The minimum Gasteiger partial charge on any atom is -0.480 e. The van der Waals surface area contributed by atoms with Crippen molar-refractivity contribution in [3.63, 3.8) is 0 Å². The van der Waals surface area contributed by atoms with Gasteiger partial charge in [-0.25, -0.2) is 19.7 Å². The lowest BCUT2D eigenvalue weighted by Gasteiger charge is -2.36. The number of fused-ring (bicyclic) bond motifs is 1. The Kier molecular flexibility index (Phi) is 12.5. The molecule has 0 bridgehead atoms. The van der Waals surface area contributed by atoms with Crippen LogP contribution in [0.3, 0.4) is 0 Å². The molecule has 45 heavy (non-hydrogen) atoms. The predicted molar refractivity (Wildman–Crippen MR) is 180 cm³/mol. The zero-order valence-electron chi connectivity index (χ0n) is 25.0. The first-order valence-corrected chi connectivity index (χ1v) is 15.5. The second kappa shape index (κ2) is 15.9. The van der Waals surface area contributed by atoms with E-state index >= 15 is 0 Å². The molecule has 14 heteroatoms. The third-order valence-corrected chi connectivity index (χ3v) is 9.07. The molecule has 3 saturated heterocycles. The molecule has 1 N–H and O–H groups in total. The number of carboxylic acid groups (broad SMARTS) is 1. The van der Waals surface area contributed by atoms with Crippen LogP contribution in [0.1, 0.15) is 31.2 Å². The summed E-state index contributed by atoms with van der Waals surface area (Å²) in [6.45, 7) is 5.09. The quantitative estimate of drug-likeness (QED) is 0.283. The van der Waals surface area contributed by atoms with Gasteiger partial charge in [0.05, 0.1) is 24.2 Å². The second-order valence-electron chi connectivity index (χ2n) is 11.7. The van der Waals surface area contributed by atoms with Gasteiger partial charge in [-0.1, -0.05) is 23.2 Å². The Hall–Kier alpha value is -2.44. The first kappa shape index (κ1) is 35.4. The Bertz CT molecular complexity index is 1420. The monoisotopic (exact) mass is 698 g/mol. The third-order valence-electron chi connectivity index (χ3n) is 8.64. The van der Waals surface area contributed by atoms with E-state index < -0.39 is 5.97 Å². The number of benzene rings is 1. The molecule has 2 atom stereocenters. The number of rotatable bonds is 9. The number of halogens is 4. The Labute approximate surface area is 285 Å². The van der Waals surface area contributed by atoms with Gasteiger partial charge >= 0.3 is 5.97 Å². The smallest absolute Gasteiger partial charge is 0.329 e. The number of carbonyl (C=O) groups is 1. The molecule has 2 aromatic heterocycles. The molecule has 6 rings (SSSR count). The molecular weight excluding hydrogens is 662 g/mol. The first-order valence-electron chi connectivity index (χ1n) is 14.8. The maximum absolute atomic E-state index is 10.9. The van der Waals surface area contributed by atoms with Crippen LogP contribution in [0.15, 0.2) is 42.7 Å². The molecule has 244 valence electrons. The van der Waals surface area contributed by atoms with Crippen molar-refractivity contribution in [1.82, 2.24) is 24.8 Å². The summed E-state index contributed by atoms with van der Waals surface area (Å²) in [7, 11) is 2.22. The van der Waals surface area contributed by atoms with Crippen LogP contribution in [0.25, 0.3) is 11.3 Å². The summed E-state index contributed by atoms with van der Waals surface area (Å²) in [5.41, 5.74) is 2.50. The van der Waals surface area contributed by atoms with Gasteiger partial charge in [-0.05, 0) is 75.0 Å². The largest absolute Gasteiger partial charge is 0.480 e. The van der Waals surface area contributed by atoms with Gasteiger partial charge in [0.25, 0.3) is 0 Å². The fourth-order valence-electron chi connectivity index (χ4n) is 6.48. The molecule has 2 unspecified atom stereocenters. The highest BCUT2D eigenvalue weighted by molar-refractivity contribution is 6.35. The van der Waals surface area contributed by atoms with Crippen LogP contribution in [-0.4, -0.2) is 94.4 Å². The minimum absolute atomic E-state index is 0. The second-order valence-corrected chi connectivity index (χ2v) is 12.6. The highest BCUT2D eigenvalue weighted by Crippen LogP contribution is 2.33. The molecular formula is C31H38Cl4N6O4. The number of anilines is 1. The Morgan fingerprint density at radius 1 is 0.956 bits per heavy atom. The average molecular weight is 700 g/mol. The Morgan fingerprint density at radius 2 is 1.67 bits per heavy atom. The van der Waals surface area contributed by atoms with Crippen LogP contribution < -0.4 is 9.64 Å². The van der Waals surface area contributed by atoms with Crippen LogP contribution in [0, 0.1) is 5.92 Å². The molecule has 3 aromatic rings. The lowest BCUT2D eigenvalue weighted by Crippen LogP contribution is -2.45. The zero-order chi connectivity index (χ0) is 29.9. The zero-order valence-corrected chi connectivity index (χ0v) is 28.1. The molecule has 0 radical (unpaired) electrons. The summed E-state index contributed by atoms with van der Waals surface area (Å²) < 4.78 is 11.7. The van der Waals surface area contributed by atoms with Crippen molar-refractivity contribution in [2.24, 2.45) is 5.92 Å². The molecule has 10 nitrogen and oxygen atoms in total. The van der Waals surface area contributed by atoms with Crippen LogP contribution in [-0.2, 0) is 16.1 Å². The summed E-state index contributed by atoms with van der Waals surface area (Å²) >= 11 is 12.6. The van der Waals surface area contributed by atoms with Crippen molar-refractivity contribution in [2.75, 3.05) is 51.3 Å². The fraction of sp³-hybridized carbons (Fsp3) is 0.484. The standard InChI is InChI=1S/C31H36Cl2N6O4.2ClH/c1-37-6-2-21-18-39(9-5-28(21)37)31-34-15-26(16-35-31)43-29-11-20(10-27(36-29)22-12-23(32)14-24(33)13-22)17-38-7-3-25(4-8-38)42-19-30(40)41;;/h10-16,21,25,28H,2-9,17-19H2,1H3,(H,40,41);2*1H. The highest BCUT2D eigenvalue weighted by Gasteiger charge is 2.37. The van der Waals surface area contributed by atoms with Gasteiger partial charge in [0.2, 0.25) is 11.8 Å². The van der Waals surface area contributed by atoms with Crippen LogP contribution >= 0.6 is 48.0 Å². The van der Waals surface area contributed by atoms with Crippen LogP contribution in [0.2, 0.25) is 10.0 Å². The van der Waals surface area contributed by atoms with E-state index in [0.29, 0.717) is 45.9 Å². The summed E-state index contributed by atoms with van der Waals surface area (Å²) in [6, 6.07) is 9.97. The van der Waals surface area contributed by atoms with Crippen molar-refractivity contribution in [3.8, 4) is 22.9 Å². The van der Waals surface area contributed by atoms with Crippen molar-refractivity contribution in [1.29, 1.82) is 0 Å². The van der Waals surface area contributed by atoms with E-state index in [2.05, 4.69) is 31.7 Å². The number of nitrogens with zero attached hydrogens (tertiary/aromatic N) is 6. The summed E-state index contributed by atoms with van der Waals surface area (Å²) in [5.74, 6) is 1.38. The van der Waals surface area contributed by atoms with Crippen molar-refractivity contribution >= 4 is 59.9 Å². The van der Waals surface area contributed by atoms with E-state index in [1.165, 1.54) is 6.42 Å². The molecule has 3 aliphatic heterocycles. The van der Waals surface area contributed by atoms with Gasteiger partial charge < -0.3 is 24.4 Å². The SMILES string of the molecule is CN1CCC2CN(c3ncc(Oc4cc(CN5CCC(OCC(=O)O)CC5)cc(-c5cc(Cl)cc(Cl)c5)n4)cn3)CCC21.Cl.Cl. The van der Waals surface area contributed by atoms with E-state index in [-0.39, 0.29) is 37.5 Å². The van der Waals surface area contributed by atoms with Crippen molar-refractivity contribution in [3.05, 3.63) is 58.3 Å². The molecule has 0 aliphatic carbocycles. The lowest BCUT2D eigenvalue weighted by atomic mass is 9.93. The van der Waals surface area contributed by atoms with Gasteiger partial charge in [0.1, 0.15) is 6.61 Å². The first-order chi connectivity index (χ1) is 20.8. The van der Waals surface area contributed by atoms with E-state index in [1.807, 2.05) is 24.3 Å². The van der Waals surface area contributed by atoms with Crippen LogP contribution in [0.5, 0.6) is 11.6 Å². The number of ether oxygens (including phenoxy) is 2. The van der Waals surface area contributed by atoms with Gasteiger partial charge in [-0.3, -0.25) is 4.90 Å². The average Bonchev–Trinajstić information content (AvgIpc) is 3.36. The summed E-state index contributed by atoms with van der Waals surface area (Å²) in [4.78, 5) is 32.0. The number of hydrogen-bond acceptors (Lipinski definition) is 9. The lowest BCUT2D eigenvalue weighted by molar-refractivity contribution is -0.145. The molecule has 0 saturated carbocycles. The van der Waals surface area contributed by atoms with Gasteiger partial charge in [-0.15, -0.1) is 24.8 Å². The highest BCUT2D eigenvalue weighted by atomic mass is 35.5. The minimum atomic E-state index is -0.942. The molecule has 0 amide bonds. The molecule has 3 aliphatic rings.